The van der Waals surface area contributed by atoms with E-state index in [1.54, 1.807) is 14.2 Å². The molecule has 0 bridgehead atoms. The summed E-state index contributed by atoms with van der Waals surface area (Å²) in [6.45, 7) is 5.01. The van der Waals surface area contributed by atoms with Crippen LogP contribution in [0.4, 0.5) is 0 Å². The van der Waals surface area contributed by atoms with Gasteiger partial charge in [0.1, 0.15) is 0 Å². The second-order valence-corrected chi connectivity index (χ2v) is 7.66. The highest BCUT2D eigenvalue weighted by atomic mass is 16.5. The summed E-state index contributed by atoms with van der Waals surface area (Å²) in [5.41, 5.74) is 3.33. The monoisotopic (exact) mass is 406 g/mol. The highest BCUT2D eigenvalue weighted by Crippen LogP contribution is 2.30. The molecule has 0 aliphatic carbocycles. The number of aryl methyl sites for hydroxylation is 1. The van der Waals surface area contributed by atoms with Gasteiger partial charge in [0.2, 0.25) is 5.91 Å². The van der Waals surface area contributed by atoms with E-state index < -0.39 is 0 Å². The van der Waals surface area contributed by atoms with Crippen LogP contribution in [0.25, 0.3) is 10.8 Å². The van der Waals surface area contributed by atoms with Crippen molar-refractivity contribution in [1.82, 2.24) is 10.2 Å². The van der Waals surface area contributed by atoms with E-state index >= 15 is 0 Å². The minimum absolute atomic E-state index is 0.00364. The molecule has 3 aromatic rings. The lowest BCUT2D eigenvalue weighted by Crippen LogP contribution is -2.36. The van der Waals surface area contributed by atoms with Crippen LogP contribution in [0.1, 0.15) is 29.7 Å². The fourth-order valence-electron chi connectivity index (χ4n) is 3.78. The molecule has 0 unspecified atom stereocenters. The van der Waals surface area contributed by atoms with Crippen LogP contribution in [0.3, 0.4) is 0 Å². The zero-order valence-electron chi connectivity index (χ0n) is 18.4. The number of benzene rings is 3. The van der Waals surface area contributed by atoms with Crippen molar-refractivity contribution in [3.05, 3.63) is 71.3 Å². The molecule has 158 valence electrons. The van der Waals surface area contributed by atoms with Crippen LogP contribution in [0, 0.1) is 6.92 Å². The van der Waals surface area contributed by atoms with E-state index in [1.807, 2.05) is 56.1 Å². The van der Waals surface area contributed by atoms with Crippen LogP contribution in [0.15, 0.2) is 54.6 Å². The van der Waals surface area contributed by atoms with Gasteiger partial charge in [-0.2, -0.15) is 0 Å². The highest BCUT2D eigenvalue weighted by molar-refractivity contribution is 5.87. The molecule has 5 nitrogen and oxygen atoms in total. The van der Waals surface area contributed by atoms with Gasteiger partial charge in [-0.05, 0) is 60.5 Å². The summed E-state index contributed by atoms with van der Waals surface area (Å²) in [4.78, 5) is 14.7. The van der Waals surface area contributed by atoms with Crippen molar-refractivity contribution < 1.29 is 14.3 Å². The Morgan fingerprint density at radius 2 is 1.70 bits per heavy atom. The first-order valence-corrected chi connectivity index (χ1v) is 10.1. The number of hydrogen-bond donors (Lipinski definition) is 1. The van der Waals surface area contributed by atoms with Gasteiger partial charge in [-0.1, -0.05) is 42.5 Å². The Balaban J connectivity index is 1.65. The lowest BCUT2D eigenvalue weighted by molar-refractivity contribution is -0.122. The van der Waals surface area contributed by atoms with Crippen molar-refractivity contribution in [3.63, 3.8) is 0 Å². The summed E-state index contributed by atoms with van der Waals surface area (Å²) in [7, 11) is 5.20. The van der Waals surface area contributed by atoms with Gasteiger partial charge in [0, 0.05) is 6.54 Å². The van der Waals surface area contributed by atoms with Crippen LogP contribution in [-0.4, -0.2) is 38.6 Å². The highest BCUT2D eigenvalue weighted by Gasteiger charge is 2.15. The summed E-state index contributed by atoms with van der Waals surface area (Å²) in [5, 5.41) is 5.48. The van der Waals surface area contributed by atoms with Crippen LogP contribution in [0.5, 0.6) is 11.5 Å². The molecule has 0 radical (unpaired) electrons. The van der Waals surface area contributed by atoms with Crippen molar-refractivity contribution >= 4 is 16.7 Å². The van der Waals surface area contributed by atoms with E-state index in [2.05, 4.69) is 29.6 Å². The number of nitrogens with zero attached hydrogens (tertiary/aromatic N) is 1. The summed E-state index contributed by atoms with van der Waals surface area (Å²) >= 11 is 0. The number of carbonyl (C=O) groups excluding carboxylic acids is 1. The number of methoxy groups -OCH3 is 2. The molecule has 0 saturated heterocycles. The Hall–Kier alpha value is -3.05. The second kappa shape index (κ2) is 9.63. The minimum atomic E-state index is -0.0696. The van der Waals surface area contributed by atoms with Gasteiger partial charge < -0.3 is 14.8 Å². The normalized spacial score (nSPS) is 12.1. The third-order valence-corrected chi connectivity index (χ3v) is 5.36. The average molecular weight is 407 g/mol. The quantitative estimate of drug-likeness (QED) is 0.599. The molecule has 3 aromatic carbocycles. The molecule has 1 atom stereocenters. The number of likely N-dealkylation sites (N-methyl/N-ethyl adjacent to an activating group) is 1. The predicted molar refractivity (Wildman–Crippen MR) is 121 cm³/mol. The van der Waals surface area contributed by atoms with E-state index in [0.29, 0.717) is 24.6 Å². The number of hydrogen-bond acceptors (Lipinski definition) is 4. The Bertz CT molecular complexity index is 1030. The maximum absolute atomic E-state index is 12.7. The fourth-order valence-corrected chi connectivity index (χ4v) is 3.78. The van der Waals surface area contributed by atoms with Crippen LogP contribution in [-0.2, 0) is 11.3 Å². The predicted octanol–water partition coefficient (Wildman–Crippen LogP) is 4.47. The maximum Gasteiger partial charge on any atom is 0.234 e. The number of carbonyl (C=O) groups is 1. The first-order chi connectivity index (χ1) is 14.4. The molecule has 30 heavy (non-hydrogen) atoms. The lowest BCUT2D eigenvalue weighted by Gasteiger charge is -2.21. The molecule has 0 aliphatic rings. The number of fused-ring (bicyclic) bond motifs is 1. The largest absolute Gasteiger partial charge is 0.493 e. The fraction of sp³-hybridized carbons (Fsp3) is 0.320. The third kappa shape index (κ3) is 4.92. The van der Waals surface area contributed by atoms with Gasteiger partial charge in [-0.15, -0.1) is 0 Å². The SMILES string of the molecule is COc1cc(C)c(CN(C)CC(=O)N[C@@H](C)c2cccc3ccccc23)cc1OC. The first kappa shape index (κ1) is 21.7. The van der Waals surface area contributed by atoms with Crippen molar-refractivity contribution in [2.75, 3.05) is 27.8 Å². The van der Waals surface area contributed by atoms with Gasteiger partial charge in [0.05, 0.1) is 26.8 Å². The summed E-state index contributed by atoms with van der Waals surface area (Å²) in [5.74, 6) is 1.40. The van der Waals surface area contributed by atoms with Gasteiger partial charge in [0.15, 0.2) is 11.5 Å². The first-order valence-electron chi connectivity index (χ1n) is 10.1. The number of nitrogens with one attached hydrogen (secondary N) is 1. The molecule has 1 N–H and O–H groups in total. The molecule has 3 rings (SSSR count). The van der Waals surface area contributed by atoms with Crippen LogP contribution in [0.2, 0.25) is 0 Å². The number of ether oxygens (including phenoxy) is 2. The lowest BCUT2D eigenvalue weighted by atomic mass is 10.00. The Morgan fingerprint density at radius 3 is 2.43 bits per heavy atom. The van der Waals surface area contributed by atoms with E-state index in [1.165, 1.54) is 10.8 Å². The second-order valence-electron chi connectivity index (χ2n) is 7.66. The Labute approximate surface area is 178 Å². The topological polar surface area (TPSA) is 50.8 Å². The molecule has 0 saturated carbocycles. The Kier molecular flexibility index (Phi) is 6.95. The summed E-state index contributed by atoms with van der Waals surface area (Å²) < 4.78 is 10.8. The van der Waals surface area contributed by atoms with Crippen molar-refractivity contribution in [1.29, 1.82) is 0 Å². The van der Waals surface area contributed by atoms with E-state index in [4.69, 9.17) is 9.47 Å². The van der Waals surface area contributed by atoms with Gasteiger partial charge in [-0.3, -0.25) is 9.69 Å². The van der Waals surface area contributed by atoms with Gasteiger partial charge >= 0.3 is 0 Å². The summed E-state index contributed by atoms with van der Waals surface area (Å²) in [6, 6.07) is 18.3. The average Bonchev–Trinajstić information content (AvgIpc) is 2.74. The molecule has 0 aromatic heterocycles. The molecular weight excluding hydrogens is 376 g/mol. The smallest absolute Gasteiger partial charge is 0.234 e. The third-order valence-electron chi connectivity index (χ3n) is 5.36. The van der Waals surface area contributed by atoms with Gasteiger partial charge in [0.25, 0.3) is 0 Å². The summed E-state index contributed by atoms with van der Waals surface area (Å²) in [6.07, 6.45) is 0. The zero-order chi connectivity index (χ0) is 21.7. The molecule has 1 amide bonds. The number of rotatable bonds is 8. The van der Waals surface area contributed by atoms with Crippen molar-refractivity contribution in [2.24, 2.45) is 0 Å². The van der Waals surface area contributed by atoms with Crippen molar-refractivity contribution in [3.8, 4) is 11.5 Å². The standard InChI is InChI=1S/C25H30N2O3/c1-17-13-23(29-4)24(30-5)14-20(17)15-27(3)16-25(28)26-18(2)21-12-8-10-19-9-6-7-11-22(19)21/h6-14,18H,15-16H2,1-5H3,(H,26,28)/t18-/m0/s1. The molecule has 0 fully saturated rings. The van der Waals surface area contributed by atoms with E-state index in [0.717, 1.165) is 16.7 Å². The van der Waals surface area contributed by atoms with Crippen molar-refractivity contribution in [2.45, 2.75) is 26.4 Å². The van der Waals surface area contributed by atoms with E-state index in [-0.39, 0.29) is 11.9 Å². The number of amides is 1. The minimum Gasteiger partial charge on any atom is -0.493 e. The molecule has 5 heteroatoms. The molecular formula is C25H30N2O3. The van der Waals surface area contributed by atoms with Crippen LogP contribution >= 0.6 is 0 Å². The zero-order valence-corrected chi connectivity index (χ0v) is 18.4. The van der Waals surface area contributed by atoms with Crippen LogP contribution < -0.4 is 14.8 Å². The molecule has 0 aliphatic heterocycles. The molecule has 0 heterocycles. The van der Waals surface area contributed by atoms with E-state index in [9.17, 15) is 4.79 Å². The maximum atomic E-state index is 12.7. The van der Waals surface area contributed by atoms with Gasteiger partial charge in [-0.25, -0.2) is 0 Å². The Morgan fingerprint density at radius 1 is 1.03 bits per heavy atom. The molecule has 0 spiro atoms.